The molecule has 3 aromatic heterocycles. The van der Waals surface area contributed by atoms with E-state index in [1.807, 2.05) is 0 Å². The van der Waals surface area contributed by atoms with Crippen LogP contribution in [0.2, 0.25) is 0 Å². The maximum atomic E-state index is 14.4. The summed E-state index contributed by atoms with van der Waals surface area (Å²) in [5.41, 5.74) is 7.64. The highest BCUT2D eigenvalue weighted by Crippen LogP contribution is 2.31. The predicted octanol–water partition coefficient (Wildman–Crippen LogP) is 3.34. The van der Waals surface area contributed by atoms with E-state index in [-0.39, 0.29) is 11.5 Å². The lowest BCUT2D eigenvalue weighted by atomic mass is 10.2. The Morgan fingerprint density at radius 1 is 1.00 bits per heavy atom. The second-order valence-electron chi connectivity index (χ2n) is 5.14. The van der Waals surface area contributed by atoms with E-state index in [2.05, 4.69) is 15.0 Å². The summed E-state index contributed by atoms with van der Waals surface area (Å²) >= 11 is 0. The van der Waals surface area contributed by atoms with Gasteiger partial charge in [-0.1, -0.05) is 6.07 Å². The van der Waals surface area contributed by atoms with E-state index in [9.17, 15) is 8.78 Å². The van der Waals surface area contributed by atoms with E-state index in [1.165, 1.54) is 16.7 Å². The summed E-state index contributed by atoms with van der Waals surface area (Å²) in [4.78, 5) is 12.6. The second-order valence-corrected chi connectivity index (χ2v) is 5.14. The lowest BCUT2D eigenvalue weighted by Gasteiger charge is -2.11. The molecule has 2 N–H and O–H groups in total. The Balaban J connectivity index is 2.12. The SMILES string of the molecule is Nc1ncccc1-c1nc2cnccc2n1-c1cccc(F)c1F. The molecule has 0 radical (unpaired) electrons. The van der Waals surface area contributed by atoms with Gasteiger partial charge in [0.05, 0.1) is 23.0 Å². The Labute approximate surface area is 135 Å². The van der Waals surface area contributed by atoms with Crippen molar-refractivity contribution in [1.29, 1.82) is 0 Å². The van der Waals surface area contributed by atoms with E-state index in [4.69, 9.17) is 5.73 Å². The number of aromatic nitrogens is 4. The van der Waals surface area contributed by atoms with Crippen LogP contribution >= 0.6 is 0 Å². The van der Waals surface area contributed by atoms with Gasteiger partial charge in [-0.3, -0.25) is 9.55 Å². The van der Waals surface area contributed by atoms with Gasteiger partial charge in [0, 0.05) is 12.4 Å². The molecule has 0 unspecified atom stereocenters. The van der Waals surface area contributed by atoms with Gasteiger partial charge < -0.3 is 5.73 Å². The molecule has 0 aliphatic carbocycles. The Bertz CT molecular complexity index is 1060. The van der Waals surface area contributed by atoms with E-state index in [1.54, 1.807) is 36.8 Å². The number of anilines is 1. The number of nitrogens with zero attached hydrogens (tertiary/aromatic N) is 4. The van der Waals surface area contributed by atoms with Crippen LogP contribution in [-0.4, -0.2) is 19.5 Å². The highest BCUT2D eigenvalue weighted by molar-refractivity contribution is 5.84. The van der Waals surface area contributed by atoms with Gasteiger partial charge >= 0.3 is 0 Å². The molecule has 0 atom stereocenters. The molecule has 0 saturated carbocycles. The number of halogens is 2. The van der Waals surface area contributed by atoms with Gasteiger partial charge in [-0.2, -0.15) is 0 Å². The normalized spacial score (nSPS) is 11.1. The van der Waals surface area contributed by atoms with Crippen molar-refractivity contribution >= 4 is 16.9 Å². The minimum atomic E-state index is -0.961. The number of benzene rings is 1. The Hall–Kier alpha value is -3.35. The van der Waals surface area contributed by atoms with Gasteiger partial charge in [-0.25, -0.2) is 18.7 Å². The molecule has 4 rings (SSSR count). The average Bonchev–Trinajstić information content (AvgIpc) is 2.97. The minimum Gasteiger partial charge on any atom is -0.383 e. The summed E-state index contributed by atoms with van der Waals surface area (Å²) in [6.45, 7) is 0. The Kier molecular flexibility index (Phi) is 3.19. The molecule has 118 valence electrons. The molecule has 0 bridgehead atoms. The first-order chi connectivity index (χ1) is 11.7. The smallest absolute Gasteiger partial charge is 0.182 e. The topological polar surface area (TPSA) is 69.6 Å². The zero-order valence-electron chi connectivity index (χ0n) is 12.3. The fraction of sp³-hybridized carbons (Fsp3) is 0. The van der Waals surface area contributed by atoms with Crippen molar-refractivity contribution in [1.82, 2.24) is 19.5 Å². The van der Waals surface area contributed by atoms with Crippen LogP contribution in [0, 0.1) is 11.6 Å². The predicted molar refractivity (Wildman–Crippen MR) is 86.4 cm³/mol. The van der Waals surface area contributed by atoms with Crippen LogP contribution in [0.15, 0.2) is 55.0 Å². The van der Waals surface area contributed by atoms with Crippen molar-refractivity contribution < 1.29 is 8.78 Å². The third-order valence-electron chi connectivity index (χ3n) is 3.71. The number of rotatable bonds is 2. The fourth-order valence-corrected chi connectivity index (χ4v) is 2.63. The molecule has 0 saturated heterocycles. The standard InChI is InChI=1S/C17H11F2N5/c18-11-4-1-5-14(15(11)19)24-13-6-8-21-9-12(13)23-17(24)10-3-2-7-22-16(10)20/h1-9H,(H2,20,22). The van der Waals surface area contributed by atoms with Crippen LogP contribution in [0.4, 0.5) is 14.6 Å². The minimum absolute atomic E-state index is 0.0435. The molecule has 0 aliphatic rings. The zero-order valence-corrected chi connectivity index (χ0v) is 12.3. The molecule has 7 heteroatoms. The summed E-state index contributed by atoms with van der Waals surface area (Å²) in [7, 11) is 0. The first-order valence-corrected chi connectivity index (χ1v) is 7.14. The monoisotopic (exact) mass is 323 g/mol. The summed E-state index contributed by atoms with van der Waals surface area (Å²) in [6.07, 6.45) is 4.67. The number of fused-ring (bicyclic) bond motifs is 1. The lowest BCUT2D eigenvalue weighted by Crippen LogP contribution is -2.04. The van der Waals surface area contributed by atoms with Crippen LogP contribution in [0.25, 0.3) is 28.1 Å². The molecule has 1 aromatic carbocycles. The van der Waals surface area contributed by atoms with Crippen molar-refractivity contribution in [3.8, 4) is 17.1 Å². The van der Waals surface area contributed by atoms with Gasteiger partial charge in [0.1, 0.15) is 17.2 Å². The van der Waals surface area contributed by atoms with E-state index >= 15 is 0 Å². The largest absolute Gasteiger partial charge is 0.383 e. The molecule has 0 spiro atoms. The summed E-state index contributed by atoms with van der Waals surface area (Å²) < 4.78 is 29.6. The van der Waals surface area contributed by atoms with E-state index < -0.39 is 11.6 Å². The molecular weight excluding hydrogens is 312 g/mol. The van der Waals surface area contributed by atoms with Crippen molar-refractivity contribution in [2.24, 2.45) is 0 Å². The molecule has 0 amide bonds. The van der Waals surface area contributed by atoms with Crippen LogP contribution in [0.1, 0.15) is 0 Å². The maximum absolute atomic E-state index is 14.4. The second kappa shape index (κ2) is 5.38. The molecule has 5 nitrogen and oxygen atoms in total. The van der Waals surface area contributed by atoms with Crippen molar-refractivity contribution in [3.05, 3.63) is 66.6 Å². The first-order valence-electron chi connectivity index (χ1n) is 7.14. The van der Waals surface area contributed by atoms with Crippen molar-refractivity contribution in [2.75, 3.05) is 5.73 Å². The highest BCUT2D eigenvalue weighted by Gasteiger charge is 2.20. The summed E-state index contributed by atoms with van der Waals surface area (Å²) in [5, 5.41) is 0. The van der Waals surface area contributed by atoms with Crippen LogP contribution in [0.3, 0.4) is 0 Å². The van der Waals surface area contributed by atoms with E-state index in [0.717, 1.165) is 6.07 Å². The van der Waals surface area contributed by atoms with Crippen LogP contribution in [-0.2, 0) is 0 Å². The number of nitrogen functional groups attached to an aromatic ring is 1. The van der Waals surface area contributed by atoms with E-state index in [0.29, 0.717) is 22.4 Å². The van der Waals surface area contributed by atoms with Crippen LogP contribution < -0.4 is 5.73 Å². The van der Waals surface area contributed by atoms with Crippen LogP contribution in [0.5, 0.6) is 0 Å². The first kappa shape index (κ1) is 14.3. The van der Waals surface area contributed by atoms with Gasteiger partial charge in [0.15, 0.2) is 11.6 Å². The number of hydrogen-bond donors (Lipinski definition) is 1. The molecule has 4 aromatic rings. The summed E-state index contributed by atoms with van der Waals surface area (Å²) in [6, 6.07) is 9.10. The number of hydrogen-bond acceptors (Lipinski definition) is 4. The molecular formula is C17H11F2N5. The quantitative estimate of drug-likeness (QED) is 0.614. The molecule has 0 aliphatic heterocycles. The van der Waals surface area contributed by atoms with Gasteiger partial charge in [-0.05, 0) is 30.3 Å². The third-order valence-corrected chi connectivity index (χ3v) is 3.71. The molecule has 24 heavy (non-hydrogen) atoms. The molecule has 3 heterocycles. The van der Waals surface area contributed by atoms with Crippen molar-refractivity contribution in [2.45, 2.75) is 0 Å². The maximum Gasteiger partial charge on any atom is 0.182 e. The third kappa shape index (κ3) is 2.10. The van der Waals surface area contributed by atoms with Gasteiger partial charge in [-0.15, -0.1) is 0 Å². The highest BCUT2D eigenvalue weighted by atomic mass is 19.2. The average molecular weight is 323 g/mol. The summed E-state index contributed by atoms with van der Waals surface area (Å²) in [5.74, 6) is -1.28. The zero-order chi connectivity index (χ0) is 16.7. The lowest BCUT2D eigenvalue weighted by molar-refractivity contribution is 0.505. The number of nitrogens with two attached hydrogens (primary N) is 1. The number of pyridine rings is 2. The molecule has 0 fully saturated rings. The Morgan fingerprint density at radius 2 is 1.88 bits per heavy atom. The van der Waals surface area contributed by atoms with Crippen molar-refractivity contribution in [3.63, 3.8) is 0 Å². The van der Waals surface area contributed by atoms with Gasteiger partial charge in [0.2, 0.25) is 0 Å². The van der Waals surface area contributed by atoms with Gasteiger partial charge in [0.25, 0.3) is 0 Å². The number of imidazole rings is 1. The fourth-order valence-electron chi connectivity index (χ4n) is 2.63. The Morgan fingerprint density at radius 3 is 2.71 bits per heavy atom.